The normalized spacial score (nSPS) is 45.6. The summed E-state index contributed by atoms with van der Waals surface area (Å²) >= 11 is 0. The third kappa shape index (κ3) is 3.73. The van der Waals surface area contributed by atoms with Crippen LogP contribution in [0.15, 0.2) is 0 Å². The van der Waals surface area contributed by atoms with Gasteiger partial charge in [0.25, 0.3) is 0 Å². The molecule has 0 aromatic rings. The Labute approximate surface area is 187 Å². The molecule has 0 spiro atoms. The van der Waals surface area contributed by atoms with E-state index in [-0.39, 0.29) is 0 Å². The van der Waals surface area contributed by atoms with Crippen molar-refractivity contribution in [2.75, 3.05) is 0 Å². The van der Waals surface area contributed by atoms with E-state index in [1.807, 2.05) is 0 Å². The summed E-state index contributed by atoms with van der Waals surface area (Å²) in [5, 5.41) is 0. The van der Waals surface area contributed by atoms with Crippen LogP contribution in [-0.4, -0.2) is 5.78 Å². The Morgan fingerprint density at radius 2 is 1.63 bits per heavy atom. The number of rotatable bonds is 6. The van der Waals surface area contributed by atoms with Crippen molar-refractivity contribution < 1.29 is 4.79 Å². The minimum atomic E-state index is 0.466. The summed E-state index contributed by atoms with van der Waals surface area (Å²) in [4.78, 5) is 12.1. The molecule has 0 aliphatic heterocycles. The molecule has 0 aromatic carbocycles. The van der Waals surface area contributed by atoms with E-state index in [0.717, 1.165) is 54.3 Å². The molecule has 0 saturated heterocycles. The quantitative estimate of drug-likeness (QED) is 0.427. The Balaban J connectivity index is 1.45. The Morgan fingerprint density at radius 1 is 0.900 bits per heavy atom. The fourth-order valence-corrected chi connectivity index (χ4v) is 9.71. The van der Waals surface area contributed by atoms with Crippen LogP contribution < -0.4 is 0 Å². The molecular weight excluding hydrogens is 364 g/mol. The van der Waals surface area contributed by atoms with Gasteiger partial charge in [0.1, 0.15) is 5.78 Å². The number of ketones is 1. The van der Waals surface area contributed by atoms with Crippen molar-refractivity contribution in [1.29, 1.82) is 0 Å². The van der Waals surface area contributed by atoms with E-state index in [0.29, 0.717) is 22.5 Å². The summed E-state index contributed by atoms with van der Waals surface area (Å²) in [5.74, 6) is 7.67. The van der Waals surface area contributed by atoms with Gasteiger partial charge in [0.15, 0.2) is 0 Å². The van der Waals surface area contributed by atoms with Crippen LogP contribution in [0.4, 0.5) is 0 Å². The van der Waals surface area contributed by atoms with Gasteiger partial charge >= 0.3 is 0 Å². The van der Waals surface area contributed by atoms with Gasteiger partial charge in [0.2, 0.25) is 0 Å². The number of hydrogen-bond donors (Lipinski definition) is 0. The number of carbonyl (C=O) groups excluding carboxylic acids is 1. The van der Waals surface area contributed by atoms with Crippen LogP contribution in [0.5, 0.6) is 0 Å². The second-order valence-corrected chi connectivity index (χ2v) is 13.1. The van der Waals surface area contributed by atoms with E-state index in [1.165, 1.54) is 64.2 Å². The molecule has 4 aliphatic carbocycles. The van der Waals surface area contributed by atoms with Crippen LogP contribution in [0.25, 0.3) is 0 Å². The van der Waals surface area contributed by atoms with Crippen LogP contribution >= 0.6 is 0 Å². The zero-order valence-electron chi connectivity index (χ0n) is 21.0. The highest BCUT2D eigenvalue weighted by Gasteiger charge is 2.60. The standard InChI is InChI=1S/C29H50O/c1-7-21(19(2)3)9-8-20(4)25-12-13-26-24-11-10-22-18-23(30)14-16-28(22,5)27(24)15-17-29(25,26)6/h19-22,24-27H,7-18H2,1-6H3/t20-,21-,22?,24+,25-,26+,27+,28+,29-/m1/s1. The number of fused-ring (bicyclic) bond motifs is 5. The van der Waals surface area contributed by atoms with E-state index >= 15 is 0 Å². The lowest BCUT2D eigenvalue weighted by molar-refractivity contribution is -0.140. The van der Waals surface area contributed by atoms with Crippen LogP contribution in [0, 0.1) is 58.2 Å². The lowest BCUT2D eigenvalue weighted by Crippen LogP contribution is -2.53. The maximum atomic E-state index is 12.1. The highest BCUT2D eigenvalue weighted by Crippen LogP contribution is 2.68. The first-order valence-corrected chi connectivity index (χ1v) is 13.7. The molecule has 1 nitrogen and oxygen atoms in total. The average molecular weight is 415 g/mol. The smallest absolute Gasteiger partial charge is 0.133 e. The summed E-state index contributed by atoms with van der Waals surface area (Å²) in [6.07, 6.45) is 15.8. The van der Waals surface area contributed by atoms with E-state index < -0.39 is 0 Å². The fourth-order valence-electron chi connectivity index (χ4n) is 9.71. The van der Waals surface area contributed by atoms with Crippen molar-refractivity contribution in [3.05, 3.63) is 0 Å². The van der Waals surface area contributed by atoms with Gasteiger partial charge in [-0.05, 0) is 110 Å². The molecule has 0 amide bonds. The Bertz CT molecular complexity index is 622. The first-order valence-electron chi connectivity index (χ1n) is 13.7. The second kappa shape index (κ2) is 8.55. The highest BCUT2D eigenvalue weighted by atomic mass is 16.1. The highest BCUT2D eigenvalue weighted by molar-refractivity contribution is 5.79. The minimum absolute atomic E-state index is 0.466. The zero-order valence-corrected chi connectivity index (χ0v) is 21.0. The molecule has 30 heavy (non-hydrogen) atoms. The third-order valence-electron chi connectivity index (χ3n) is 11.7. The predicted octanol–water partition coefficient (Wildman–Crippen LogP) is 8.31. The largest absolute Gasteiger partial charge is 0.300 e. The van der Waals surface area contributed by atoms with Gasteiger partial charge in [0.05, 0.1) is 0 Å². The van der Waals surface area contributed by atoms with Crippen molar-refractivity contribution in [3.8, 4) is 0 Å². The van der Waals surface area contributed by atoms with Gasteiger partial charge in [-0.3, -0.25) is 4.79 Å². The topological polar surface area (TPSA) is 17.1 Å². The average Bonchev–Trinajstić information content (AvgIpc) is 3.06. The first kappa shape index (κ1) is 22.8. The molecular formula is C29H50O. The molecule has 1 heteroatoms. The lowest BCUT2D eigenvalue weighted by Gasteiger charge is -2.60. The van der Waals surface area contributed by atoms with Crippen LogP contribution in [0.2, 0.25) is 0 Å². The molecule has 0 heterocycles. The maximum Gasteiger partial charge on any atom is 0.133 e. The van der Waals surface area contributed by atoms with Gasteiger partial charge in [-0.25, -0.2) is 0 Å². The van der Waals surface area contributed by atoms with Crippen LogP contribution in [0.1, 0.15) is 119 Å². The van der Waals surface area contributed by atoms with E-state index in [2.05, 4.69) is 41.5 Å². The maximum absolute atomic E-state index is 12.1. The molecule has 4 fully saturated rings. The van der Waals surface area contributed by atoms with Gasteiger partial charge < -0.3 is 0 Å². The Kier molecular flexibility index (Phi) is 6.51. The summed E-state index contributed by atoms with van der Waals surface area (Å²) in [6, 6.07) is 0. The molecule has 0 aromatic heterocycles. The predicted molar refractivity (Wildman–Crippen MR) is 127 cm³/mol. The first-order chi connectivity index (χ1) is 14.2. The fraction of sp³-hybridized carbons (Fsp3) is 0.966. The zero-order chi connectivity index (χ0) is 21.7. The second-order valence-electron chi connectivity index (χ2n) is 13.1. The summed E-state index contributed by atoms with van der Waals surface area (Å²) in [5.41, 5.74) is 1.06. The summed E-state index contributed by atoms with van der Waals surface area (Å²) in [6.45, 7) is 15.1. The molecule has 0 N–H and O–H groups in total. The summed E-state index contributed by atoms with van der Waals surface area (Å²) in [7, 11) is 0. The molecule has 0 bridgehead atoms. The van der Waals surface area contributed by atoms with Crippen molar-refractivity contribution in [3.63, 3.8) is 0 Å². The molecule has 1 unspecified atom stereocenters. The third-order valence-corrected chi connectivity index (χ3v) is 11.7. The lowest BCUT2D eigenvalue weighted by atomic mass is 9.44. The van der Waals surface area contributed by atoms with Gasteiger partial charge in [-0.2, -0.15) is 0 Å². The minimum Gasteiger partial charge on any atom is -0.300 e. The van der Waals surface area contributed by atoms with E-state index in [1.54, 1.807) is 0 Å². The molecule has 4 aliphatic rings. The van der Waals surface area contributed by atoms with E-state index in [4.69, 9.17) is 0 Å². The molecule has 0 radical (unpaired) electrons. The molecule has 4 rings (SSSR count). The summed E-state index contributed by atoms with van der Waals surface area (Å²) < 4.78 is 0. The SMILES string of the molecule is CC[C@H](CC[C@@H](C)[C@H]1CC[C@H]2[C@@H]3CCC4CC(=O)CC[C@]4(C)[C@H]3CC[C@]12C)C(C)C. The Hall–Kier alpha value is -0.330. The van der Waals surface area contributed by atoms with Gasteiger partial charge in [-0.15, -0.1) is 0 Å². The number of carbonyl (C=O) groups is 1. The van der Waals surface area contributed by atoms with Crippen LogP contribution in [-0.2, 0) is 4.79 Å². The molecule has 4 saturated carbocycles. The van der Waals surface area contributed by atoms with Crippen molar-refractivity contribution in [1.82, 2.24) is 0 Å². The van der Waals surface area contributed by atoms with Gasteiger partial charge in [0, 0.05) is 12.8 Å². The molecule has 172 valence electrons. The Morgan fingerprint density at radius 3 is 2.33 bits per heavy atom. The van der Waals surface area contributed by atoms with E-state index in [9.17, 15) is 4.79 Å². The van der Waals surface area contributed by atoms with Crippen molar-refractivity contribution in [2.45, 2.75) is 119 Å². The monoisotopic (exact) mass is 414 g/mol. The van der Waals surface area contributed by atoms with Gasteiger partial charge in [-0.1, -0.05) is 54.4 Å². The van der Waals surface area contributed by atoms with Crippen LogP contribution in [0.3, 0.4) is 0 Å². The molecule has 9 atom stereocenters. The number of hydrogen-bond acceptors (Lipinski definition) is 1. The van der Waals surface area contributed by atoms with Crippen molar-refractivity contribution >= 4 is 5.78 Å². The number of Topliss-reactive ketones (excluding diaryl/α,β-unsaturated/α-hetero) is 1. The van der Waals surface area contributed by atoms with Crippen molar-refractivity contribution in [2.24, 2.45) is 58.2 Å².